The van der Waals surface area contributed by atoms with Gasteiger partial charge < -0.3 is 9.99 Å². The summed E-state index contributed by atoms with van der Waals surface area (Å²) in [5.41, 5.74) is 0.576. The van der Waals surface area contributed by atoms with Gasteiger partial charge in [-0.1, -0.05) is 28.1 Å². The molecular formula is C8H7BrO3. The molecule has 3 nitrogen and oxygen atoms in total. The predicted molar refractivity (Wildman–Crippen MR) is 48.5 cm³/mol. The Morgan fingerprint density at radius 1 is 1.33 bits per heavy atom. The molecule has 0 radical (unpaired) electrons. The minimum absolute atomic E-state index is 0.120. The molecule has 0 heterocycles. The van der Waals surface area contributed by atoms with Crippen molar-refractivity contribution in [1.29, 1.82) is 0 Å². The van der Waals surface area contributed by atoms with Crippen LogP contribution in [-0.2, 0) is 4.89 Å². The SMILES string of the molecule is OO/C=C(/O)c1ccc(Br)cc1. The van der Waals surface area contributed by atoms with Crippen LogP contribution in [0.2, 0.25) is 0 Å². The highest BCUT2D eigenvalue weighted by Gasteiger charge is 1.97. The van der Waals surface area contributed by atoms with Crippen LogP contribution in [0.3, 0.4) is 0 Å². The smallest absolute Gasteiger partial charge is 0.171 e. The Balaban J connectivity index is 2.89. The average Bonchev–Trinajstić information content (AvgIpc) is 2.06. The minimum atomic E-state index is -0.120. The van der Waals surface area contributed by atoms with E-state index in [2.05, 4.69) is 20.8 Å². The van der Waals surface area contributed by atoms with Gasteiger partial charge in [0.05, 0.1) is 0 Å². The third-order valence-corrected chi connectivity index (χ3v) is 1.83. The summed E-state index contributed by atoms with van der Waals surface area (Å²) >= 11 is 3.25. The molecule has 4 heteroatoms. The van der Waals surface area contributed by atoms with Crippen LogP contribution in [0.1, 0.15) is 5.56 Å². The first-order valence-electron chi connectivity index (χ1n) is 3.19. The second-order valence-electron chi connectivity index (χ2n) is 2.12. The van der Waals surface area contributed by atoms with Crippen LogP contribution in [-0.4, -0.2) is 10.4 Å². The number of aliphatic hydroxyl groups is 1. The Morgan fingerprint density at radius 3 is 2.42 bits per heavy atom. The summed E-state index contributed by atoms with van der Waals surface area (Å²) in [6.45, 7) is 0. The van der Waals surface area contributed by atoms with E-state index in [9.17, 15) is 5.11 Å². The largest absolute Gasteiger partial charge is 0.504 e. The van der Waals surface area contributed by atoms with Crippen LogP contribution < -0.4 is 0 Å². The highest BCUT2D eigenvalue weighted by molar-refractivity contribution is 9.10. The monoisotopic (exact) mass is 230 g/mol. The van der Waals surface area contributed by atoms with Crippen LogP contribution in [0.15, 0.2) is 35.0 Å². The Hall–Kier alpha value is -1.000. The lowest BCUT2D eigenvalue weighted by molar-refractivity contribution is -0.186. The van der Waals surface area contributed by atoms with Crippen molar-refractivity contribution in [2.24, 2.45) is 0 Å². The zero-order chi connectivity index (χ0) is 8.97. The van der Waals surface area contributed by atoms with Gasteiger partial charge in [0.2, 0.25) is 0 Å². The highest BCUT2D eigenvalue weighted by atomic mass is 79.9. The first kappa shape index (κ1) is 9.09. The lowest BCUT2D eigenvalue weighted by atomic mass is 10.2. The third-order valence-electron chi connectivity index (χ3n) is 1.30. The van der Waals surface area contributed by atoms with Gasteiger partial charge in [-0.25, -0.2) is 5.26 Å². The standard InChI is InChI=1S/C8H7BrO3/c9-7-3-1-6(2-4-7)8(10)5-12-11/h1-5,10-11H/b8-5+. The maximum absolute atomic E-state index is 9.17. The van der Waals surface area contributed by atoms with E-state index in [1.807, 2.05) is 0 Å². The molecule has 0 spiro atoms. The highest BCUT2D eigenvalue weighted by Crippen LogP contribution is 2.15. The number of hydrogen-bond donors (Lipinski definition) is 2. The van der Waals surface area contributed by atoms with Crippen molar-refractivity contribution in [1.82, 2.24) is 0 Å². The molecule has 0 aliphatic carbocycles. The predicted octanol–water partition coefficient (Wildman–Crippen LogP) is 2.80. The molecule has 1 aromatic carbocycles. The van der Waals surface area contributed by atoms with Gasteiger partial charge in [0.15, 0.2) is 12.0 Å². The number of hydrogen-bond acceptors (Lipinski definition) is 3. The molecule has 64 valence electrons. The van der Waals surface area contributed by atoms with Crippen LogP contribution in [0, 0.1) is 0 Å². The Morgan fingerprint density at radius 2 is 1.92 bits per heavy atom. The fraction of sp³-hybridized carbons (Fsp3) is 0. The van der Waals surface area contributed by atoms with E-state index in [1.54, 1.807) is 24.3 Å². The van der Waals surface area contributed by atoms with Gasteiger partial charge in [0.1, 0.15) is 0 Å². The number of aliphatic hydroxyl groups excluding tert-OH is 1. The van der Waals surface area contributed by atoms with E-state index >= 15 is 0 Å². The lowest BCUT2D eigenvalue weighted by Gasteiger charge is -1.98. The van der Waals surface area contributed by atoms with Crippen LogP contribution in [0.25, 0.3) is 5.76 Å². The quantitative estimate of drug-likeness (QED) is 0.467. The van der Waals surface area contributed by atoms with Crippen molar-refractivity contribution in [2.75, 3.05) is 0 Å². The van der Waals surface area contributed by atoms with E-state index in [0.717, 1.165) is 10.7 Å². The Labute approximate surface area is 78.0 Å². The third kappa shape index (κ3) is 2.25. The fourth-order valence-electron chi connectivity index (χ4n) is 0.739. The van der Waals surface area contributed by atoms with E-state index < -0.39 is 0 Å². The summed E-state index contributed by atoms with van der Waals surface area (Å²) in [5, 5.41) is 17.2. The summed E-state index contributed by atoms with van der Waals surface area (Å²) in [6, 6.07) is 6.93. The average molecular weight is 231 g/mol. The maximum Gasteiger partial charge on any atom is 0.171 e. The van der Waals surface area contributed by atoms with E-state index in [-0.39, 0.29) is 5.76 Å². The van der Waals surface area contributed by atoms with Gasteiger partial charge in [-0.3, -0.25) is 0 Å². The van der Waals surface area contributed by atoms with Crippen LogP contribution in [0.5, 0.6) is 0 Å². The lowest BCUT2D eigenvalue weighted by Crippen LogP contribution is -1.83. The van der Waals surface area contributed by atoms with Gasteiger partial charge in [0.25, 0.3) is 0 Å². The van der Waals surface area contributed by atoms with Crippen molar-refractivity contribution in [3.05, 3.63) is 40.6 Å². The summed E-state index contributed by atoms with van der Waals surface area (Å²) in [5.74, 6) is -0.120. The molecule has 1 aromatic rings. The van der Waals surface area contributed by atoms with Crippen molar-refractivity contribution >= 4 is 21.7 Å². The first-order valence-corrected chi connectivity index (χ1v) is 3.98. The summed E-state index contributed by atoms with van der Waals surface area (Å²) < 4.78 is 0.920. The molecule has 0 saturated carbocycles. The molecule has 1 rings (SSSR count). The van der Waals surface area contributed by atoms with E-state index in [1.165, 1.54) is 0 Å². The van der Waals surface area contributed by atoms with Crippen LogP contribution >= 0.6 is 15.9 Å². The van der Waals surface area contributed by atoms with Crippen molar-refractivity contribution in [2.45, 2.75) is 0 Å². The molecule has 0 aliphatic rings. The van der Waals surface area contributed by atoms with Crippen molar-refractivity contribution in [3.8, 4) is 0 Å². The number of halogens is 1. The molecule has 0 aromatic heterocycles. The molecule has 2 N–H and O–H groups in total. The summed E-state index contributed by atoms with van der Waals surface area (Å²) in [4.78, 5) is 3.66. The van der Waals surface area contributed by atoms with Gasteiger partial charge in [0, 0.05) is 10.0 Å². The number of rotatable bonds is 2. The Kier molecular flexibility index (Phi) is 3.13. The van der Waals surface area contributed by atoms with Crippen molar-refractivity contribution in [3.63, 3.8) is 0 Å². The summed E-state index contributed by atoms with van der Waals surface area (Å²) in [7, 11) is 0. The molecule has 0 unspecified atom stereocenters. The zero-order valence-corrected chi connectivity index (χ0v) is 7.65. The van der Waals surface area contributed by atoms with Crippen LogP contribution in [0.4, 0.5) is 0 Å². The molecule has 0 aliphatic heterocycles. The number of benzene rings is 1. The Bertz CT molecular complexity index is 279. The first-order chi connectivity index (χ1) is 5.74. The topological polar surface area (TPSA) is 49.7 Å². The molecule has 12 heavy (non-hydrogen) atoms. The maximum atomic E-state index is 9.17. The molecular weight excluding hydrogens is 224 g/mol. The van der Waals surface area contributed by atoms with Gasteiger partial charge in [-0.15, -0.1) is 0 Å². The van der Waals surface area contributed by atoms with Crippen molar-refractivity contribution < 1.29 is 15.3 Å². The minimum Gasteiger partial charge on any atom is -0.504 e. The second-order valence-corrected chi connectivity index (χ2v) is 3.03. The molecule has 0 amide bonds. The van der Waals surface area contributed by atoms with E-state index in [0.29, 0.717) is 5.56 Å². The molecule has 0 bridgehead atoms. The molecule has 0 atom stereocenters. The second kappa shape index (κ2) is 4.13. The van der Waals surface area contributed by atoms with Gasteiger partial charge in [-0.05, 0) is 12.1 Å². The molecule has 0 saturated heterocycles. The summed E-state index contributed by atoms with van der Waals surface area (Å²) in [6.07, 6.45) is 0.850. The van der Waals surface area contributed by atoms with E-state index in [4.69, 9.17) is 5.26 Å². The van der Waals surface area contributed by atoms with Gasteiger partial charge in [-0.2, -0.15) is 0 Å². The van der Waals surface area contributed by atoms with Gasteiger partial charge >= 0.3 is 0 Å². The fourth-order valence-corrected chi connectivity index (χ4v) is 1.00. The zero-order valence-electron chi connectivity index (χ0n) is 6.07. The normalized spacial score (nSPS) is 11.3. The molecule has 0 fully saturated rings.